The average Bonchev–Trinajstić information content (AvgIpc) is 2.59. The van der Waals surface area contributed by atoms with Gasteiger partial charge in [0.25, 0.3) is 0 Å². The van der Waals surface area contributed by atoms with Crippen molar-refractivity contribution in [2.24, 2.45) is 0 Å². The quantitative estimate of drug-likeness (QED) is 0.873. The molecule has 2 rings (SSSR count). The standard InChI is InChI=1S/C12H11IN2O2/c1-8-3-2-4-10(14-8)7-15-6-9(13)5-11(15)12(16)17/h2-6H,7H2,1H3,(H,16,17). The highest BCUT2D eigenvalue weighted by Gasteiger charge is 2.11. The van der Waals surface area contributed by atoms with E-state index in [0.29, 0.717) is 6.54 Å². The van der Waals surface area contributed by atoms with Gasteiger partial charge < -0.3 is 9.67 Å². The Labute approximate surface area is 112 Å². The van der Waals surface area contributed by atoms with E-state index in [2.05, 4.69) is 27.6 Å². The molecular weight excluding hydrogens is 331 g/mol. The molecule has 0 fully saturated rings. The summed E-state index contributed by atoms with van der Waals surface area (Å²) in [6.07, 6.45) is 1.81. The van der Waals surface area contributed by atoms with Crippen LogP contribution < -0.4 is 0 Å². The second-order valence-corrected chi connectivity index (χ2v) is 4.99. The van der Waals surface area contributed by atoms with Gasteiger partial charge in [-0.05, 0) is 47.7 Å². The SMILES string of the molecule is Cc1cccc(Cn2cc(I)cc2C(=O)O)n1. The first-order valence-corrected chi connectivity index (χ1v) is 6.15. The zero-order valence-electron chi connectivity index (χ0n) is 9.22. The maximum absolute atomic E-state index is 11.0. The van der Waals surface area contributed by atoms with Gasteiger partial charge in [0, 0.05) is 15.5 Å². The lowest BCUT2D eigenvalue weighted by molar-refractivity contribution is 0.0685. The Balaban J connectivity index is 2.32. The van der Waals surface area contributed by atoms with E-state index >= 15 is 0 Å². The van der Waals surface area contributed by atoms with Crippen LogP contribution in [0, 0.1) is 10.5 Å². The van der Waals surface area contributed by atoms with Crippen molar-refractivity contribution in [2.45, 2.75) is 13.5 Å². The number of aromatic carboxylic acids is 1. The number of rotatable bonds is 3. The lowest BCUT2D eigenvalue weighted by Crippen LogP contribution is -2.09. The van der Waals surface area contributed by atoms with Crippen LogP contribution in [0.4, 0.5) is 0 Å². The van der Waals surface area contributed by atoms with Crippen molar-refractivity contribution in [3.8, 4) is 0 Å². The van der Waals surface area contributed by atoms with Crippen molar-refractivity contribution < 1.29 is 9.90 Å². The summed E-state index contributed by atoms with van der Waals surface area (Å²) >= 11 is 2.10. The Bertz CT molecular complexity index is 563. The molecule has 0 saturated heterocycles. The molecule has 2 aromatic heterocycles. The van der Waals surface area contributed by atoms with E-state index in [4.69, 9.17) is 5.11 Å². The maximum atomic E-state index is 11.0. The number of halogens is 1. The van der Waals surface area contributed by atoms with Gasteiger partial charge >= 0.3 is 5.97 Å². The normalized spacial score (nSPS) is 10.5. The van der Waals surface area contributed by atoms with E-state index in [1.807, 2.05) is 31.3 Å². The Hall–Kier alpha value is -1.37. The first kappa shape index (κ1) is 12.1. The fourth-order valence-electron chi connectivity index (χ4n) is 1.65. The molecule has 0 amide bonds. The summed E-state index contributed by atoms with van der Waals surface area (Å²) in [5.74, 6) is -0.916. The van der Waals surface area contributed by atoms with Crippen LogP contribution in [0.1, 0.15) is 21.9 Å². The van der Waals surface area contributed by atoms with Crippen LogP contribution in [0.25, 0.3) is 0 Å². The van der Waals surface area contributed by atoms with E-state index in [1.54, 1.807) is 10.6 Å². The zero-order valence-corrected chi connectivity index (χ0v) is 11.4. The molecule has 0 saturated carbocycles. The molecule has 0 aliphatic heterocycles. The van der Waals surface area contributed by atoms with E-state index in [0.717, 1.165) is 15.0 Å². The minimum atomic E-state index is -0.916. The summed E-state index contributed by atoms with van der Waals surface area (Å²) in [5, 5.41) is 9.07. The Kier molecular flexibility index (Phi) is 3.46. The molecule has 4 nitrogen and oxygen atoms in total. The number of carboxylic acid groups (broad SMARTS) is 1. The second-order valence-electron chi connectivity index (χ2n) is 3.75. The third-order valence-corrected chi connectivity index (χ3v) is 2.95. The van der Waals surface area contributed by atoms with Gasteiger partial charge in [0.2, 0.25) is 0 Å². The molecule has 1 N–H and O–H groups in total. The largest absolute Gasteiger partial charge is 0.477 e. The number of pyridine rings is 1. The number of carbonyl (C=O) groups is 1. The van der Waals surface area contributed by atoms with Gasteiger partial charge in [0.1, 0.15) is 5.69 Å². The molecule has 0 aromatic carbocycles. The molecule has 5 heteroatoms. The van der Waals surface area contributed by atoms with E-state index in [1.165, 1.54) is 0 Å². The third kappa shape index (κ3) is 2.85. The molecule has 17 heavy (non-hydrogen) atoms. The highest BCUT2D eigenvalue weighted by molar-refractivity contribution is 14.1. The number of nitrogens with zero attached hydrogens (tertiary/aromatic N) is 2. The average molecular weight is 342 g/mol. The van der Waals surface area contributed by atoms with Gasteiger partial charge in [-0.1, -0.05) is 6.07 Å². The highest BCUT2D eigenvalue weighted by Crippen LogP contribution is 2.13. The van der Waals surface area contributed by atoms with Crippen LogP contribution >= 0.6 is 22.6 Å². The van der Waals surface area contributed by atoms with Gasteiger partial charge in [-0.25, -0.2) is 4.79 Å². The first-order chi connectivity index (χ1) is 8.06. The van der Waals surface area contributed by atoms with Crippen LogP contribution in [0.2, 0.25) is 0 Å². The number of aromatic nitrogens is 2. The van der Waals surface area contributed by atoms with Crippen molar-refractivity contribution >= 4 is 28.6 Å². The van der Waals surface area contributed by atoms with Crippen molar-refractivity contribution in [3.63, 3.8) is 0 Å². The van der Waals surface area contributed by atoms with Gasteiger partial charge in [0.15, 0.2) is 0 Å². The first-order valence-electron chi connectivity index (χ1n) is 5.08. The smallest absolute Gasteiger partial charge is 0.352 e. The van der Waals surface area contributed by atoms with Crippen molar-refractivity contribution in [2.75, 3.05) is 0 Å². The molecule has 0 spiro atoms. The third-order valence-electron chi connectivity index (χ3n) is 2.36. The molecule has 0 bridgehead atoms. The minimum Gasteiger partial charge on any atom is -0.477 e. The predicted octanol–water partition coefficient (Wildman–Crippen LogP) is 2.54. The highest BCUT2D eigenvalue weighted by atomic mass is 127. The molecule has 2 heterocycles. The van der Waals surface area contributed by atoms with E-state index < -0.39 is 5.97 Å². The topological polar surface area (TPSA) is 55.1 Å². The summed E-state index contributed by atoms with van der Waals surface area (Å²) in [6, 6.07) is 7.39. The molecular formula is C12H11IN2O2. The molecule has 0 radical (unpaired) electrons. The number of aryl methyl sites for hydroxylation is 1. The molecule has 2 aromatic rings. The van der Waals surface area contributed by atoms with Gasteiger partial charge in [-0.3, -0.25) is 4.98 Å². The van der Waals surface area contributed by atoms with Crippen LogP contribution in [0.15, 0.2) is 30.5 Å². The van der Waals surface area contributed by atoms with Gasteiger partial charge in [0.05, 0.1) is 12.2 Å². The number of hydrogen-bond donors (Lipinski definition) is 1. The van der Waals surface area contributed by atoms with Gasteiger partial charge in [-0.15, -0.1) is 0 Å². The fourth-order valence-corrected chi connectivity index (χ4v) is 2.28. The zero-order chi connectivity index (χ0) is 12.4. The summed E-state index contributed by atoms with van der Waals surface area (Å²) in [7, 11) is 0. The number of carboxylic acids is 1. The maximum Gasteiger partial charge on any atom is 0.352 e. The van der Waals surface area contributed by atoms with E-state index in [9.17, 15) is 4.79 Å². The molecule has 88 valence electrons. The van der Waals surface area contributed by atoms with Crippen LogP contribution in [-0.4, -0.2) is 20.6 Å². The van der Waals surface area contributed by atoms with Crippen molar-refractivity contribution in [1.29, 1.82) is 0 Å². The summed E-state index contributed by atoms with van der Waals surface area (Å²) in [4.78, 5) is 15.4. The van der Waals surface area contributed by atoms with Crippen LogP contribution in [-0.2, 0) is 6.54 Å². The lowest BCUT2D eigenvalue weighted by atomic mass is 10.3. The summed E-state index contributed by atoms with van der Waals surface area (Å²) in [6.45, 7) is 2.40. The Morgan fingerprint density at radius 3 is 2.94 bits per heavy atom. The Morgan fingerprint density at radius 2 is 2.29 bits per heavy atom. The van der Waals surface area contributed by atoms with Gasteiger partial charge in [-0.2, -0.15) is 0 Å². The second kappa shape index (κ2) is 4.87. The predicted molar refractivity (Wildman–Crippen MR) is 72.2 cm³/mol. The summed E-state index contributed by atoms with van der Waals surface area (Å²) in [5.41, 5.74) is 2.08. The molecule has 0 unspecified atom stereocenters. The van der Waals surface area contributed by atoms with Crippen LogP contribution in [0.3, 0.4) is 0 Å². The summed E-state index contributed by atoms with van der Waals surface area (Å²) < 4.78 is 2.61. The van der Waals surface area contributed by atoms with Crippen molar-refractivity contribution in [1.82, 2.24) is 9.55 Å². The van der Waals surface area contributed by atoms with Crippen molar-refractivity contribution in [3.05, 3.63) is 51.1 Å². The molecule has 0 aliphatic carbocycles. The van der Waals surface area contributed by atoms with E-state index in [-0.39, 0.29) is 5.69 Å². The Morgan fingerprint density at radius 1 is 1.53 bits per heavy atom. The van der Waals surface area contributed by atoms with Crippen LogP contribution in [0.5, 0.6) is 0 Å². The molecule has 0 aliphatic rings. The minimum absolute atomic E-state index is 0.290. The fraction of sp³-hybridized carbons (Fsp3) is 0.167. The number of hydrogen-bond acceptors (Lipinski definition) is 2. The molecule has 0 atom stereocenters. The lowest BCUT2D eigenvalue weighted by Gasteiger charge is -2.06. The monoisotopic (exact) mass is 342 g/mol.